The Balaban J connectivity index is 2.13. The first-order valence-electron chi connectivity index (χ1n) is 7.75. The van der Waals surface area contributed by atoms with Crippen molar-refractivity contribution in [3.05, 3.63) is 72.8 Å². The lowest BCUT2D eigenvalue weighted by molar-refractivity contribution is 0.415. The number of rotatable bonds is 1. The van der Waals surface area contributed by atoms with Gasteiger partial charge < -0.3 is 9.14 Å². The van der Waals surface area contributed by atoms with E-state index in [9.17, 15) is 0 Å². The highest BCUT2D eigenvalue weighted by atomic mass is 16.5. The van der Waals surface area contributed by atoms with Crippen LogP contribution >= 0.6 is 0 Å². The molecule has 0 N–H and O–H groups in total. The van der Waals surface area contributed by atoms with E-state index >= 15 is 0 Å². The van der Waals surface area contributed by atoms with Gasteiger partial charge in [-0.2, -0.15) is 0 Å². The zero-order valence-corrected chi connectivity index (χ0v) is 12.8. The Morgan fingerprint density at radius 2 is 1.35 bits per heavy atom. The van der Waals surface area contributed by atoms with E-state index in [0.717, 1.165) is 5.75 Å². The van der Waals surface area contributed by atoms with Crippen LogP contribution in [-0.4, -0.2) is 11.5 Å². The third-order valence-corrected chi connectivity index (χ3v) is 4.65. The number of hydrogen-bond acceptors (Lipinski definition) is 1. The van der Waals surface area contributed by atoms with Crippen LogP contribution in [0, 0.1) is 0 Å². The molecule has 0 aliphatic heterocycles. The standard InChI is InChI=1S/C21H15NO/c1-23-15-10-11-19-14(12-15)13-21-18-8-3-2-6-16(18)17-7-4-5-9-20(17)22(19)21/h2-13H,1H3. The third kappa shape index (κ3) is 1.63. The fourth-order valence-corrected chi connectivity index (χ4v) is 3.62. The molecule has 0 aliphatic carbocycles. The second-order valence-electron chi connectivity index (χ2n) is 5.85. The van der Waals surface area contributed by atoms with E-state index in [-0.39, 0.29) is 0 Å². The molecule has 0 fully saturated rings. The molecule has 0 radical (unpaired) electrons. The molecule has 0 amide bonds. The van der Waals surface area contributed by atoms with Crippen molar-refractivity contribution in [2.75, 3.05) is 7.11 Å². The van der Waals surface area contributed by atoms with Crippen LogP contribution in [-0.2, 0) is 0 Å². The summed E-state index contributed by atoms with van der Waals surface area (Å²) < 4.78 is 7.74. The van der Waals surface area contributed by atoms with E-state index in [1.807, 2.05) is 6.07 Å². The predicted octanol–water partition coefficient (Wildman–Crippen LogP) is 5.41. The van der Waals surface area contributed by atoms with Crippen LogP contribution in [0.5, 0.6) is 5.75 Å². The number of pyridine rings is 1. The molecular weight excluding hydrogens is 282 g/mol. The molecule has 2 heteroatoms. The van der Waals surface area contributed by atoms with Crippen LogP contribution in [0.25, 0.3) is 38.1 Å². The molecule has 2 nitrogen and oxygen atoms in total. The number of aromatic nitrogens is 1. The summed E-state index contributed by atoms with van der Waals surface area (Å²) in [5.74, 6) is 0.891. The van der Waals surface area contributed by atoms with Gasteiger partial charge in [-0.25, -0.2) is 0 Å². The van der Waals surface area contributed by atoms with Crippen LogP contribution in [0.1, 0.15) is 0 Å². The molecule has 0 saturated heterocycles. The van der Waals surface area contributed by atoms with Crippen LogP contribution in [0.4, 0.5) is 0 Å². The lowest BCUT2D eigenvalue weighted by Gasteiger charge is -2.09. The van der Waals surface area contributed by atoms with Gasteiger partial charge in [-0.15, -0.1) is 0 Å². The number of fused-ring (bicyclic) bond motifs is 8. The SMILES string of the molecule is COc1ccc2c(c1)cc1c3ccccc3c3ccccc3n21. The van der Waals surface area contributed by atoms with Crippen molar-refractivity contribution in [1.29, 1.82) is 0 Å². The van der Waals surface area contributed by atoms with E-state index in [1.54, 1.807) is 7.11 Å². The van der Waals surface area contributed by atoms with Crippen LogP contribution in [0.2, 0.25) is 0 Å². The van der Waals surface area contributed by atoms with Gasteiger partial charge in [0.05, 0.1) is 23.7 Å². The molecule has 0 unspecified atom stereocenters. The topological polar surface area (TPSA) is 13.6 Å². The van der Waals surface area contributed by atoms with Crippen molar-refractivity contribution < 1.29 is 4.74 Å². The highest BCUT2D eigenvalue weighted by molar-refractivity contribution is 6.15. The molecular formula is C21H15NO. The highest BCUT2D eigenvalue weighted by Crippen LogP contribution is 2.34. The van der Waals surface area contributed by atoms with Crippen molar-refractivity contribution >= 4 is 38.1 Å². The number of nitrogens with zero attached hydrogens (tertiary/aromatic N) is 1. The van der Waals surface area contributed by atoms with Crippen LogP contribution < -0.4 is 4.74 Å². The third-order valence-electron chi connectivity index (χ3n) is 4.65. The van der Waals surface area contributed by atoms with E-state index in [0.29, 0.717) is 0 Å². The summed E-state index contributed by atoms with van der Waals surface area (Å²) >= 11 is 0. The summed E-state index contributed by atoms with van der Waals surface area (Å²) in [6.45, 7) is 0. The van der Waals surface area contributed by atoms with Gasteiger partial charge in [0.2, 0.25) is 0 Å². The van der Waals surface area contributed by atoms with Crippen molar-refractivity contribution in [1.82, 2.24) is 4.40 Å². The van der Waals surface area contributed by atoms with E-state index in [4.69, 9.17) is 4.74 Å². The average molecular weight is 297 g/mol. The Morgan fingerprint density at radius 1 is 0.652 bits per heavy atom. The molecule has 3 aromatic carbocycles. The summed E-state index contributed by atoms with van der Waals surface area (Å²) in [4.78, 5) is 0. The molecule has 5 rings (SSSR count). The van der Waals surface area contributed by atoms with Gasteiger partial charge in [-0.1, -0.05) is 42.5 Å². The lowest BCUT2D eigenvalue weighted by atomic mass is 10.1. The molecule has 2 heterocycles. The summed E-state index contributed by atoms with van der Waals surface area (Å²) in [7, 11) is 1.71. The summed E-state index contributed by atoms with van der Waals surface area (Å²) in [5.41, 5.74) is 3.69. The highest BCUT2D eigenvalue weighted by Gasteiger charge is 2.11. The number of hydrogen-bond donors (Lipinski definition) is 0. The van der Waals surface area contributed by atoms with Gasteiger partial charge in [-0.05, 0) is 35.7 Å². The molecule has 0 aliphatic rings. The minimum Gasteiger partial charge on any atom is -0.497 e. The summed E-state index contributed by atoms with van der Waals surface area (Å²) in [6.07, 6.45) is 0. The molecule has 2 aromatic heterocycles. The molecule has 0 atom stereocenters. The normalized spacial score (nSPS) is 11.7. The molecule has 0 bridgehead atoms. The number of methoxy groups -OCH3 is 1. The van der Waals surface area contributed by atoms with Gasteiger partial charge in [0.1, 0.15) is 5.75 Å². The van der Waals surface area contributed by atoms with Gasteiger partial charge >= 0.3 is 0 Å². The molecule has 0 spiro atoms. The van der Waals surface area contributed by atoms with Crippen molar-refractivity contribution in [2.24, 2.45) is 0 Å². The maximum absolute atomic E-state index is 5.38. The molecule has 0 saturated carbocycles. The number of ether oxygens (including phenoxy) is 1. The van der Waals surface area contributed by atoms with Gasteiger partial charge in [-0.3, -0.25) is 0 Å². The second kappa shape index (κ2) is 4.50. The Morgan fingerprint density at radius 3 is 2.13 bits per heavy atom. The average Bonchev–Trinajstić information content (AvgIpc) is 3.01. The minimum atomic E-state index is 0.891. The van der Waals surface area contributed by atoms with E-state index < -0.39 is 0 Å². The Kier molecular flexibility index (Phi) is 2.45. The van der Waals surface area contributed by atoms with Crippen molar-refractivity contribution in [3.63, 3.8) is 0 Å². The minimum absolute atomic E-state index is 0.891. The zero-order chi connectivity index (χ0) is 15.4. The quantitative estimate of drug-likeness (QED) is 0.377. The fourth-order valence-electron chi connectivity index (χ4n) is 3.62. The number of para-hydroxylation sites is 1. The van der Waals surface area contributed by atoms with Gasteiger partial charge in [0, 0.05) is 16.2 Å². The first-order valence-corrected chi connectivity index (χ1v) is 7.75. The number of benzene rings is 3. The maximum atomic E-state index is 5.38. The summed E-state index contributed by atoms with van der Waals surface area (Å²) in [5, 5.41) is 5.06. The monoisotopic (exact) mass is 297 g/mol. The van der Waals surface area contributed by atoms with E-state index in [2.05, 4.69) is 71.1 Å². The lowest BCUT2D eigenvalue weighted by Crippen LogP contribution is -1.90. The van der Waals surface area contributed by atoms with Crippen LogP contribution in [0.3, 0.4) is 0 Å². The van der Waals surface area contributed by atoms with Gasteiger partial charge in [0.15, 0.2) is 0 Å². The summed E-state index contributed by atoms with van der Waals surface area (Å²) in [6, 6.07) is 25.8. The van der Waals surface area contributed by atoms with Crippen molar-refractivity contribution in [2.45, 2.75) is 0 Å². The van der Waals surface area contributed by atoms with Crippen LogP contribution in [0.15, 0.2) is 72.8 Å². The first-order chi connectivity index (χ1) is 11.4. The first kappa shape index (κ1) is 12.5. The molecule has 110 valence electrons. The largest absolute Gasteiger partial charge is 0.497 e. The predicted molar refractivity (Wildman–Crippen MR) is 96.5 cm³/mol. The smallest absolute Gasteiger partial charge is 0.119 e. The Hall–Kier alpha value is -3.00. The van der Waals surface area contributed by atoms with Gasteiger partial charge in [0.25, 0.3) is 0 Å². The molecule has 5 aromatic rings. The maximum Gasteiger partial charge on any atom is 0.119 e. The second-order valence-corrected chi connectivity index (χ2v) is 5.85. The molecule has 23 heavy (non-hydrogen) atoms. The Bertz CT molecular complexity index is 1200. The fraction of sp³-hybridized carbons (Fsp3) is 0.0476. The van der Waals surface area contributed by atoms with E-state index in [1.165, 1.54) is 38.1 Å². The van der Waals surface area contributed by atoms with Crippen molar-refractivity contribution in [3.8, 4) is 5.75 Å². The zero-order valence-electron chi connectivity index (χ0n) is 12.8. The Labute approximate surface area is 133 Å².